The number of allylic oxidation sites excluding steroid dienone is 2. The summed E-state index contributed by atoms with van der Waals surface area (Å²) < 4.78 is 0. The van der Waals surface area contributed by atoms with Crippen molar-refractivity contribution < 1.29 is 14.7 Å². The minimum Gasteiger partial charge on any atom is -0.395 e. The molecule has 1 heterocycles. The topological polar surface area (TPSA) is 69.6 Å². The lowest BCUT2D eigenvalue weighted by Gasteiger charge is -2.23. The van der Waals surface area contributed by atoms with E-state index in [9.17, 15) is 9.59 Å². The number of rotatable bonds is 4. The number of nitrogens with one attached hydrogen (secondary N) is 1. The SMILES string of the molecule is CC1C=C(C(=O)NCCO)C(C(=O)N2CCCC2)=CC1. The number of amides is 2. The summed E-state index contributed by atoms with van der Waals surface area (Å²) in [5, 5.41) is 11.4. The predicted octanol–water partition coefficient (Wildman–Crippen LogP) is 0.610. The summed E-state index contributed by atoms with van der Waals surface area (Å²) in [6, 6.07) is 0. The van der Waals surface area contributed by atoms with Crippen molar-refractivity contribution in [1.82, 2.24) is 10.2 Å². The van der Waals surface area contributed by atoms with Gasteiger partial charge in [0.05, 0.1) is 6.61 Å². The first-order valence-corrected chi connectivity index (χ1v) is 7.24. The summed E-state index contributed by atoms with van der Waals surface area (Å²) in [5.74, 6) is -0.0656. The summed E-state index contributed by atoms with van der Waals surface area (Å²) in [5.41, 5.74) is 0.967. The molecule has 2 N–H and O–H groups in total. The van der Waals surface area contributed by atoms with E-state index in [1.807, 2.05) is 24.0 Å². The van der Waals surface area contributed by atoms with Crippen LogP contribution in [-0.4, -0.2) is 48.1 Å². The van der Waals surface area contributed by atoms with E-state index in [0.29, 0.717) is 11.1 Å². The first kappa shape index (κ1) is 14.8. The summed E-state index contributed by atoms with van der Waals surface area (Å²) >= 11 is 0. The fraction of sp³-hybridized carbons (Fsp3) is 0.600. The van der Waals surface area contributed by atoms with Crippen LogP contribution < -0.4 is 5.32 Å². The van der Waals surface area contributed by atoms with Crippen molar-refractivity contribution in [2.24, 2.45) is 5.92 Å². The number of carbonyl (C=O) groups is 2. The van der Waals surface area contributed by atoms with E-state index in [1.54, 1.807) is 0 Å². The average molecular weight is 278 g/mol. The van der Waals surface area contributed by atoms with Gasteiger partial charge in [0, 0.05) is 30.8 Å². The van der Waals surface area contributed by atoms with Crippen LogP contribution in [0.15, 0.2) is 23.3 Å². The highest BCUT2D eigenvalue weighted by atomic mass is 16.3. The second-order valence-electron chi connectivity index (χ2n) is 5.39. The highest BCUT2D eigenvalue weighted by Gasteiger charge is 2.28. The number of nitrogens with zero attached hydrogens (tertiary/aromatic N) is 1. The molecule has 1 aliphatic carbocycles. The van der Waals surface area contributed by atoms with Crippen LogP contribution in [0.25, 0.3) is 0 Å². The van der Waals surface area contributed by atoms with Gasteiger partial charge in [-0.25, -0.2) is 0 Å². The molecule has 0 aromatic heterocycles. The Labute approximate surface area is 119 Å². The van der Waals surface area contributed by atoms with Crippen molar-refractivity contribution in [3.63, 3.8) is 0 Å². The Morgan fingerprint density at radius 2 is 2.05 bits per heavy atom. The van der Waals surface area contributed by atoms with Gasteiger partial charge in [-0.05, 0) is 25.2 Å². The van der Waals surface area contributed by atoms with Gasteiger partial charge < -0.3 is 15.3 Å². The number of hydrogen-bond donors (Lipinski definition) is 2. The van der Waals surface area contributed by atoms with Gasteiger partial charge in [-0.1, -0.05) is 19.1 Å². The molecule has 1 fully saturated rings. The molecule has 0 radical (unpaired) electrons. The Hall–Kier alpha value is -1.62. The maximum Gasteiger partial charge on any atom is 0.254 e. The molecule has 110 valence electrons. The lowest BCUT2D eigenvalue weighted by atomic mass is 9.90. The Balaban J connectivity index is 2.14. The molecule has 1 saturated heterocycles. The van der Waals surface area contributed by atoms with Crippen molar-refractivity contribution in [3.8, 4) is 0 Å². The largest absolute Gasteiger partial charge is 0.395 e. The Morgan fingerprint density at radius 1 is 1.35 bits per heavy atom. The van der Waals surface area contributed by atoms with Gasteiger partial charge in [-0.2, -0.15) is 0 Å². The number of carbonyl (C=O) groups excluding carboxylic acids is 2. The van der Waals surface area contributed by atoms with Gasteiger partial charge in [0.2, 0.25) is 0 Å². The molecule has 2 aliphatic rings. The first-order valence-electron chi connectivity index (χ1n) is 7.24. The van der Waals surface area contributed by atoms with Crippen molar-refractivity contribution >= 4 is 11.8 Å². The molecule has 2 rings (SSSR count). The van der Waals surface area contributed by atoms with E-state index >= 15 is 0 Å². The van der Waals surface area contributed by atoms with E-state index in [4.69, 9.17) is 5.11 Å². The van der Waals surface area contributed by atoms with Crippen LogP contribution in [0.4, 0.5) is 0 Å². The van der Waals surface area contributed by atoms with Crippen LogP contribution in [0, 0.1) is 5.92 Å². The molecule has 0 aromatic rings. The number of aliphatic hydroxyl groups is 1. The molecule has 1 unspecified atom stereocenters. The Kier molecular flexibility index (Phi) is 4.95. The fourth-order valence-electron chi connectivity index (χ4n) is 2.61. The van der Waals surface area contributed by atoms with Gasteiger partial charge in [0.1, 0.15) is 0 Å². The molecular weight excluding hydrogens is 256 g/mol. The van der Waals surface area contributed by atoms with Crippen molar-refractivity contribution in [1.29, 1.82) is 0 Å². The maximum absolute atomic E-state index is 12.5. The number of likely N-dealkylation sites (tertiary alicyclic amines) is 1. The number of hydrogen-bond acceptors (Lipinski definition) is 3. The van der Waals surface area contributed by atoms with Crippen molar-refractivity contribution in [2.45, 2.75) is 26.2 Å². The maximum atomic E-state index is 12.5. The lowest BCUT2D eigenvalue weighted by molar-refractivity contribution is -0.127. The fourth-order valence-corrected chi connectivity index (χ4v) is 2.61. The van der Waals surface area contributed by atoms with Gasteiger partial charge in [-0.3, -0.25) is 9.59 Å². The molecule has 5 heteroatoms. The van der Waals surface area contributed by atoms with Gasteiger partial charge in [0.15, 0.2) is 0 Å². The Bertz CT molecular complexity index is 448. The number of aliphatic hydroxyl groups excluding tert-OH is 1. The van der Waals surface area contributed by atoms with Gasteiger partial charge in [0.25, 0.3) is 11.8 Å². The summed E-state index contributed by atoms with van der Waals surface area (Å²) in [6.45, 7) is 3.67. The molecule has 0 bridgehead atoms. The standard InChI is InChI=1S/C15H22N2O3/c1-11-4-5-12(15(20)17-7-2-3-8-17)13(10-11)14(19)16-6-9-18/h5,10-11,18H,2-4,6-9H2,1H3,(H,16,19). The molecule has 0 spiro atoms. The Morgan fingerprint density at radius 3 is 2.70 bits per heavy atom. The van der Waals surface area contributed by atoms with Gasteiger partial charge >= 0.3 is 0 Å². The summed E-state index contributed by atoms with van der Waals surface area (Å²) in [7, 11) is 0. The first-order chi connectivity index (χ1) is 9.63. The molecule has 0 aromatic carbocycles. The van der Waals surface area contributed by atoms with E-state index < -0.39 is 0 Å². The second-order valence-corrected chi connectivity index (χ2v) is 5.39. The van der Waals surface area contributed by atoms with Gasteiger partial charge in [-0.15, -0.1) is 0 Å². The van der Waals surface area contributed by atoms with E-state index in [2.05, 4.69) is 5.32 Å². The van der Waals surface area contributed by atoms with Crippen LogP contribution in [-0.2, 0) is 9.59 Å². The quantitative estimate of drug-likeness (QED) is 0.791. The molecule has 0 saturated carbocycles. The predicted molar refractivity (Wildman–Crippen MR) is 75.9 cm³/mol. The zero-order valence-corrected chi connectivity index (χ0v) is 11.9. The van der Waals surface area contributed by atoms with Crippen LogP contribution in [0.2, 0.25) is 0 Å². The minimum atomic E-state index is -0.274. The summed E-state index contributed by atoms with van der Waals surface area (Å²) in [4.78, 5) is 26.4. The molecule has 2 amide bonds. The molecule has 5 nitrogen and oxygen atoms in total. The highest BCUT2D eigenvalue weighted by Crippen LogP contribution is 2.26. The highest BCUT2D eigenvalue weighted by molar-refractivity contribution is 6.11. The molecular formula is C15H22N2O3. The van der Waals surface area contributed by atoms with Crippen molar-refractivity contribution in [2.75, 3.05) is 26.2 Å². The zero-order chi connectivity index (χ0) is 14.5. The third kappa shape index (κ3) is 3.28. The molecule has 1 atom stereocenters. The zero-order valence-electron chi connectivity index (χ0n) is 11.9. The van der Waals surface area contributed by atoms with Crippen molar-refractivity contribution in [3.05, 3.63) is 23.3 Å². The molecule has 1 aliphatic heterocycles. The summed E-state index contributed by atoms with van der Waals surface area (Å²) in [6.07, 6.45) is 6.58. The van der Waals surface area contributed by atoms with Crippen LogP contribution >= 0.6 is 0 Å². The minimum absolute atomic E-state index is 0.0419. The molecule has 20 heavy (non-hydrogen) atoms. The average Bonchev–Trinajstić information content (AvgIpc) is 2.98. The monoisotopic (exact) mass is 278 g/mol. The third-order valence-electron chi connectivity index (χ3n) is 3.70. The van der Waals surface area contributed by atoms with E-state index in [0.717, 1.165) is 32.4 Å². The van der Waals surface area contributed by atoms with Crippen LogP contribution in [0.5, 0.6) is 0 Å². The second kappa shape index (κ2) is 6.70. The third-order valence-corrected chi connectivity index (χ3v) is 3.70. The lowest BCUT2D eigenvalue weighted by Crippen LogP contribution is -2.35. The normalized spacial score (nSPS) is 22.3. The van der Waals surface area contributed by atoms with E-state index in [1.165, 1.54) is 0 Å². The smallest absolute Gasteiger partial charge is 0.254 e. The van der Waals surface area contributed by atoms with Crippen LogP contribution in [0.1, 0.15) is 26.2 Å². The van der Waals surface area contributed by atoms with E-state index in [-0.39, 0.29) is 30.9 Å². The van der Waals surface area contributed by atoms with Crippen LogP contribution in [0.3, 0.4) is 0 Å².